The van der Waals surface area contributed by atoms with Crippen molar-refractivity contribution in [3.05, 3.63) is 65.2 Å². The van der Waals surface area contributed by atoms with Crippen LogP contribution >= 0.6 is 11.8 Å². The monoisotopic (exact) mass is 454 g/mol. The van der Waals surface area contributed by atoms with Crippen molar-refractivity contribution in [2.45, 2.75) is 38.7 Å². The molecule has 0 fully saturated rings. The van der Waals surface area contributed by atoms with Crippen LogP contribution in [-0.4, -0.2) is 50.3 Å². The van der Waals surface area contributed by atoms with Gasteiger partial charge >= 0.3 is 0 Å². The predicted molar refractivity (Wildman–Crippen MR) is 126 cm³/mol. The zero-order valence-corrected chi connectivity index (χ0v) is 19.2. The number of amides is 1. The van der Waals surface area contributed by atoms with Crippen molar-refractivity contribution in [3.8, 4) is 0 Å². The average molecular weight is 455 g/mol. The Labute approximate surface area is 191 Å². The number of fused-ring (bicyclic) bond motifs is 1. The summed E-state index contributed by atoms with van der Waals surface area (Å²) in [5.74, 6) is 0.349. The van der Waals surface area contributed by atoms with Crippen LogP contribution in [0, 0.1) is 5.82 Å². The van der Waals surface area contributed by atoms with E-state index in [-0.39, 0.29) is 23.3 Å². The third-order valence-corrected chi connectivity index (χ3v) is 6.39. The van der Waals surface area contributed by atoms with E-state index in [0.29, 0.717) is 19.0 Å². The number of halogens is 1. The lowest BCUT2D eigenvalue weighted by molar-refractivity contribution is -0.128. The Bertz CT molecular complexity index is 1040. The Morgan fingerprint density at radius 3 is 2.84 bits per heavy atom. The quantitative estimate of drug-likeness (QED) is 0.627. The van der Waals surface area contributed by atoms with E-state index in [2.05, 4.69) is 27.4 Å². The zero-order valence-electron chi connectivity index (χ0n) is 18.4. The third-order valence-electron chi connectivity index (χ3n) is 5.51. The summed E-state index contributed by atoms with van der Waals surface area (Å²) in [6.45, 7) is 7.01. The maximum Gasteiger partial charge on any atom is 0.223 e. The first-order chi connectivity index (χ1) is 15.5. The molecule has 32 heavy (non-hydrogen) atoms. The molecule has 0 aliphatic carbocycles. The molecule has 2 unspecified atom stereocenters. The number of benzene rings is 1. The summed E-state index contributed by atoms with van der Waals surface area (Å²) in [6.07, 6.45) is 4.55. The van der Waals surface area contributed by atoms with Crippen LogP contribution in [0.5, 0.6) is 0 Å². The van der Waals surface area contributed by atoms with Crippen molar-refractivity contribution >= 4 is 35.0 Å². The summed E-state index contributed by atoms with van der Waals surface area (Å²) >= 11 is 1.67. The number of aromatic nitrogens is 2. The first kappa shape index (κ1) is 22.1. The smallest absolute Gasteiger partial charge is 0.223 e. The molecule has 4 rings (SSSR count). The molecule has 7 nitrogen and oxygen atoms in total. The molecular formula is C23H27FN6OS. The molecule has 3 heterocycles. The van der Waals surface area contributed by atoms with Gasteiger partial charge in [-0.05, 0) is 56.0 Å². The fourth-order valence-corrected chi connectivity index (χ4v) is 4.62. The van der Waals surface area contributed by atoms with E-state index in [1.807, 2.05) is 29.5 Å². The predicted octanol–water partition coefficient (Wildman–Crippen LogP) is 3.91. The van der Waals surface area contributed by atoms with Crippen LogP contribution in [0.2, 0.25) is 0 Å². The molecule has 0 saturated carbocycles. The molecule has 0 spiro atoms. The summed E-state index contributed by atoms with van der Waals surface area (Å²) in [6, 6.07) is 8.44. The number of rotatable bonds is 8. The largest absolute Gasteiger partial charge is 0.354 e. The fraction of sp³-hybridized carbons (Fsp3) is 0.348. The van der Waals surface area contributed by atoms with E-state index in [1.54, 1.807) is 37.0 Å². The van der Waals surface area contributed by atoms with E-state index in [9.17, 15) is 9.18 Å². The summed E-state index contributed by atoms with van der Waals surface area (Å²) < 4.78 is 13.5. The number of hydrogen-bond acceptors (Lipinski definition) is 7. The van der Waals surface area contributed by atoms with Gasteiger partial charge in [0.25, 0.3) is 0 Å². The lowest BCUT2D eigenvalue weighted by Gasteiger charge is -2.22. The summed E-state index contributed by atoms with van der Waals surface area (Å²) in [5, 5.41) is 8.90. The normalized spacial score (nSPS) is 17.9. The minimum Gasteiger partial charge on any atom is -0.354 e. The van der Waals surface area contributed by atoms with Gasteiger partial charge in [-0.2, -0.15) is 0 Å². The maximum absolute atomic E-state index is 13.5. The molecule has 1 aromatic heterocycles. The van der Waals surface area contributed by atoms with Crippen molar-refractivity contribution in [1.29, 1.82) is 0 Å². The molecule has 168 valence electrons. The van der Waals surface area contributed by atoms with Crippen LogP contribution < -0.4 is 10.6 Å². The van der Waals surface area contributed by atoms with Crippen molar-refractivity contribution in [2.75, 3.05) is 18.4 Å². The van der Waals surface area contributed by atoms with Crippen LogP contribution in [0.4, 0.5) is 10.3 Å². The summed E-state index contributed by atoms with van der Waals surface area (Å²) in [7, 11) is 0. The molecule has 9 heteroatoms. The SMILES string of the molecule is CCN(CCC(C)Nc1nccc(C2=C(c3ccc(F)cc3)NC3SC=CN23)n1)C(C)=O. The lowest BCUT2D eigenvalue weighted by Crippen LogP contribution is -2.32. The van der Waals surface area contributed by atoms with Gasteiger partial charge in [0.15, 0.2) is 5.50 Å². The minimum atomic E-state index is -0.266. The van der Waals surface area contributed by atoms with Gasteiger partial charge in [0.2, 0.25) is 11.9 Å². The Morgan fingerprint density at radius 1 is 1.34 bits per heavy atom. The average Bonchev–Trinajstić information content (AvgIpc) is 3.36. The highest BCUT2D eigenvalue weighted by Crippen LogP contribution is 2.41. The molecule has 2 aromatic rings. The minimum absolute atomic E-state index is 0.0435. The fourth-order valence-electron chi connectivity index (χ4n) is 3.77. The zero-order chi connectivity index (χ0) is 22.7. The van der Waals surface area contributed by atoms with Crippen LogP contribution in [0.1, 0.15) is 38.4 Å². The van der Waals surface area contributed by atoms with E-state index in [1.165, 1.54) is 12.1 Å². The molecule has 2 aliphatic heterocycles. The van der Waals surface area contributed by atoms with E-state index >= 15 is 0 Å². The van der Waals surface area contributed by atoms with Gasteiger partial charge in [-0.1, -0.05) is 11.8 Å². The molecule has 1 amide bonds. The standard InChI is InChI=1S/C23H27FN6OS/c1-4-29(16(3)31)12-10-15(2)26-22-25-11-9-19(27-22)21-20(17-5-7-18(24)8-6-17)28-23-30(21)13-14-32-23/h5-9,11,13-15,23,28H,4,10,12H2,1-3H3,(H,25,26,27). The van der Waals surface area contributed by atoms with Crippen molar-refractivity contribution in [1.82, 2.24) is 25.1 Å². The highest BCUT2D eigenvalue weighted by Gasteiger charge is 2.35. The van der Waals surface area contributed by atoms with E-state index in [0.717, 1.165) is 29.1 Å². The number of anilines is 1. The number of carbonyl (C=O) groups is 1. The van der Waals surface area contributed by atoms with Crippen molar-refractivity contribution in [2.24, 2.45) is 0 Å². The second-order valence-corrected chi connectivity index (χ2v) is 8.74. The highest BCUT2D eigenvalue weighted by molar-refractivity contribution is 8.02. The summed E-state index contributed by atoms with van der Waals surface area (Å²) in [5.41, 5.74) is 3.55. The molecule has 2 atom stereocenters. The molecule has 0 saturated heterocycles. The molecule has 0 bridgehead atoms. The van der Waals surface area contributed by atoms with Crippen LogP contribution in [0.15, 0.2) is 48.1 Å². The van der Waals surface area contributed by atoms with Gasteiger partial charge in [-0.25, -0.2) is 14.4 Å². The van der Waals surface area contributed by atoms with Gasteiger partial charge < -0.3 is 20.4 Å². The Hall–Kier alpha value is -3.07. The first-order valence-electron chi connectivity index (χ1n) is 10.7. The topological polar surface area (TPSA) is 73.4 Å². The first-order valence-corrected chi connectivity index (χ1v) is 11.6. The van der Waals surface area contributed by atoms with E-state index < -0.39 is 0 Å². The Morgan fingerprint density at radius 2 is 2.12 bits per heavy atom. The van der Waals surface area contributed by atoms with Crippen LogP contribution in [-0.2, 0) is 4.79 Å². The number of thioether (sulfide) groups is 1. The number of nitrogens with one attached hydrogen (secondary N) is 2. The second kappa shape index (κ2) is 9.60. The number of carbonyl (C=O) groups excluding carboxylic acids is 1. The Balaban J connectivity index is 1.56. The van der Waals surface area contributed by atoms with Crippen molar-refractivity contribution in [3.63, 3.8) is 0 Å². The maximum atomic E-state index is 13.5. The molecule has 2 aliphatic rings. The van der Waals surface area contributed by atoms with Gasteiger partial charge in [0.05, 0.1) is 17.1 Å². The van der Waals surface area contributed by atoms with Crippen LogP contribution in [0.3, 0.4) is 0 Å². The Kier molecular flexibility index (Phi) is 6.64. The second-order valence-electron chi connectivity index (χ2n) is 7.75. The molecule has 0 radical (unpaired) electrons. The van der Waals surface area contributed by atoms with Crippen molar-refractivity contribution < 1.29 is 9.18 Å². The van der Waals surface area contributed by atoms with Gasteiger partial charge in [-0.3, -0.25) is 4.79 Å². The molecule has 1 aromatic carbocycles. The molecular weight excluding hydrogens is 427 g/mol. The van der Waals surface area contributed by atoms with Gasteiger partial charge in [-0.15, -0.1) is 0 Å². The molecule has 2 N–H and O–H groups in total. The highest BCUT2D eigenvalue weighted by atomic mass is 32.2. The van der Waals surface area contributed by atoms with Gasteiger partial charge in [0.1, 0.15) is 5.82 Å². The number of nitrogens with zero attached hydrogens (tertiary/aromatic N) is 4. The van der Waals surface area contributed by atoms with Crippen LogP contribution in [0.25, 0.3) is 11.4 Å². The number of hydrogen-bond donors (Lipinski definition) is 2. The summed E-state index contributed by atoms with van der Waals surface area (Å²) in [4.78, 5) is 24.7. The lowest BCUT2D eigenvalue weighted by atomic mass is 10.1. The third kappa shape index (κ3) is 4.72. The van der Waals surface area contributed by atoms with E-state index in [4.69, 9.17) is 4.98 Å². The van der Waals surface area contributed by atoms with Gasteiger partial charge in [0, 0.05) is 44.0 Å².